The number of nitrogens with zero attached hydrogens (tertiary/aromatic N) is 2. The van der Waals surface area contributed by atoms with E-state index in [2.05, 4.69) is 16.4 Å². The molecule has 1 N–H and O–H groups in total. The predicted octanol–water partition coefficient (Wildman–Crippen LogP) is 3.23. The van der Waals surface area contributed by atoms with Gasteiger partial charge in [0.05, 0.1) is 18.4 Å². The molecule has 5 heteroatoms. The quantitative estimate of drug-likeness (QED) is 0.929. The van der Waals surface area contributed by atoms with Crippen molar-refractivity contribution in [2.45, 2.75) is 6.54 Å². The van der Waals surface area contributed by atoms with Crippen LogP contribution < -0.4 is 10.1 Å². The summed E-state index contributed by atoms with van der Waals surface area (Å²) in [5, 5.41) is 12.8. The molecule has 19 heavy (non-hydrogen) atoms. The molecule has 2 aromatic rings. The second-order valence-electron chi connectivity index (χ2n) is 3.86. The third-order valence-corrected chi connectivity index (χ3v) is 2.83. The number of nitrogens with one attached hydrogen (secondary N) is 1. The molecular weight excluding hydrogens is 262 g/mol. The number of rotatable bonds is 4. The van der Waals surface area contributed by atoms with E-state index < -0.39 is 0 Å². The van der Waals surface area contributed by atoms with Gasteiger partial charge < -0.3 is 10.1 Å². The number of benzene rings is 1. The van der Waals surface area contributed by atoms with Crippen LogP contribution in [0.3, 0.4) is 0 Å². The first-order chi connectivity index (χ1) is 9.22. The Morgan fingerprint density at radius 2 is 2.21 bits per heavy atom. The first-order valence-corrected chi connectivity index (χ1v) is 6.03. The maximum absolute atomic E-state index is 9.04. The average Bonchev–Trinajstić information content (AvgIpc) is 2.46. The molecule has 0 saturated carbocycles. The summed E-state index contributed by atoms with van der Waals surface area (Å²) in [7, 11) is 1.58. The number of hydrogen-bond acceptors (Lipinski definition) is 4. The Labute approximate surface area is 116 Å². The minimum absolute atomic E-state index is 0.522. The van der Waals surface area contributed by atoms with E-state index in [1.807, 2.05) is 12.1 Å². The SMILES string of the molecule is COc1cc(CNc2ccc(Cl)cc2C#N)ccn1. The summed E-state index contributed by atoms with van der Waals surface area (Å²) in [6, 6.07) is 11.0. The number of methoxy groups -OCH3 is 1. The second kappa shape index (κ2) is 6.07. The van der Waals surface area contributed by atoms with Crippen molar-refractivity contribution in [1.29, 1.82) is 5.26 Å². The van der Waals surface area contributed by atoms with Crippen LogP contribution in [0.15, 0.2) is 36.5 Å². The third-order valence-electron chi connectivity index (χ3n) is 2.59. The van der Waals surface area contributed by atoms with E-state index in [1.165, 1.54) is 0 Å². The summed E-state index contributed by atoms with van der Waals surface area (Å²) in [5.41, 5.74) is 2.29. The Balaban J connectivity index is 2.12. The molecule has 0 amide bonds. The van der Waals surface area contributed by atoms with Gasteiger partial charge in [0.15, 0.2) is 0 Å². The molecule has 0 atom stereocenters. The first-order valence-electron chi connectivity index (χ1n) is 5.65. The molecule has 0 aliphatic rings. The van der Waals surface area contributed by atoms with Crippen LogP contribution in [0.1, 0.15) is 11.1 Å². The van der Waals surface area contributed by atoms with Gasteiger partial charge in [-0.15, -0.1) is 0 Å². The summed E-state index contributed by atoms with van der Waals surface area (Å²) in [4.78, 5) is 4.04. The van der Waals surface area contributed by atoms with Crippen molar-refractivity contribution in [3.63, 3.8) is 0 Å². The summed E-state index contributed by atoms with van der Waals surface area (Å²) < 4.78 is 5.06. The molecule has 0 bridgehead atoms. The van der Waals surface area contributed by atoms with E-state index in [-0.39, 0.29) is 0 Å². The Hall–Kier alpha value is -2.25. The molecule has 2 rings (SSSR count). The van der Waals surface area contributed by atoms with Gasteiger partial charge in [0.25, 0.3) is 0 Å². The Morgan fingerprint density at radius 1 is 1.37 bits per heavy atom. The van der Waals surface area contributed by atoms with E-state index >= 15 is 0 Å². The second-order valence-corrected chi connectivity index (χ2v) is 4.30. The zero-order valence-electron chi connectivity index (χ0n) is 10.4. The predicted molar refractivity (Wildman–Crippen MR) is 74.3 cm³/mol. The molecule has 1 aromatic carbocycles. The molecule has 0 aliphatic carbocycles. The van der Waals surface area contributed by atoms with E-state index in [1.54, 1.807) is 31.5 Å². The number of ether oxygens (including phenoxy) is 1. The normalized spacial score (nSPS) is 9.74. The van der Waals surface area contributed by atoms with Gasteiger partial charge >= 0.3 is 0 Å². The first kappa shape index (κ1) is 13.2. The number of anilines is 1. The van der Waals surface area contributed by atoms with Crippen LogP contribution in [0.25, 0.3) is 0 Å². The number of halogens is 1. The highest BCUT2D eigenvalue weighted by Gasteiger charge is 2.03. The minimum Gasteiger partial charge on any atom is -0.481 e. The molecule has 0 aliphatic heterocycles. The summed E-state index contributed by atoms with van der Waals surface area (Å²) in [5.74, 6) is 0.566. The van der Waals surface area contributed by atoms with Crippen molar-refractivity contribution >= 4 is 17.3 Å². The van der Waals surface area contributed by atoms with Gasteiger partial charge in [-0.1, -0.05) is 11.6 Å². The van der Waals surface area contributed by atoms with Gasteiger partial charge in [-0.3, -0.25) is 0 Å². The van der Waals surface area contributed by atoms with Crippen molar-refractivity contribution in [3.05, 3.63) is 52.7 Å². The molecule has 1 heterocycles. The number of hydrogen-bond donors (Lipinski definition) is 1. The van der Waals surface area contributed by atoms with Crippen LogP contribution in [0.4, 0.5) is 5.69 Å². The molecule has 1 aromatic heterocycles. The van der Waals surface area contributed by atoms with E-state index in [4.69, 9.17) is 21.6 Å². The molecule has 0 unspecified atom stereocenters. The fourth-order valence-electron chi connectivity index (χ4n) is 1.63. The molecule has 0 fully saturated rings. The maximum Gasteiger partial charge on any atom is 0.213 e. The highest BCUT2D eigenvalue weighted by molar-refractivity contribution is 6.30. The smallest absolute Gasteiger partial charge is 0.213 e. The lowest BCUT2D eigenvalue weighted by Gasteiger charge is -2.09. The van der Waals surface area contributed by atoms with E-state index in [0.29, 0.717) is 23.0 Å². The largest absolute Gasteiger partial charge is 0.481 e. The monoisotopic (exact) mass is 273 g/mol. The molecule has 0 radical (unpaired) electrons. The minimum atomic E-state index is 0.522. The van der Waals surface area contributed by atoms with Gasteiger partial charge in [0.1, 0.15) is 6.07 Å². The van der Waals surface area contributed by atoms with Crippen LogP contribution >= 0.6 is 11.6 Å². The third kappa shape index (κ3) is 3.36. The fourth-order valence-corrected chi connectivity index (χ4v) is 1.80. The van der Waals surface area contributed by atoms with Gasteiger partial charge in [0, 0.05) is 23.8 Å². The summed E-state index contributed by atoms with van der Waals surface area (Å²) in [6.07, 6.45) is 1.68. The Morgan fingerprint density at radius 3 is 2.95 bits per heavy atom. The van der Waals surface area contributed by atoms with E-state index in [0.717, 1.165) is 11.3 Å². The molecule has 0 saturated heterocycles. The van der Waals surface area contributed by atoms with Crippen molar-refractivity contribution < 1.29 is 4.74 Å². The highest BCUT2D eigenvalue weighted by atomic mass is 35.5. The van der Waals surface area contributed by atoms with E-state index in [9.17, 15) is 0 Å². The van der Waals surface area contributed by atoms with Crippen LogP contribution in [0.5, 0.6) is 5.88 Å². The lowest BCUT2D eigenvalue weighted by atomic mass is 10.2. The number of aromatic nitrogens is 1. The molecule has 4 nitrogen and oxygen atoms in total. The topological polar surface area (TPSA) is 57.9 Å². The lowest BCUT2D eigenvalue weighted by Crippen LogP contribution is -2.02. The van der Waals surface area contributed by atoms with Crippen LogP contribution in [-0.4, -0.2) is 12.1 Å². The Bertz CT molecular complexity index is 622. The van der Waals surface area contributed by atoms with Crippen molar-refractivity contribution in [2.75, 3.05) is 12.4 Å². The zero-order chi connectivity index (χ0) is 13.7. The van der Waals surface area contributed by atoms with Gasteiger partial charge in [-0.25, -0.2) is 4.98 Å². The Kier molecular flexibility index (Phi) is 4.22. The van der Waals surface area contributed by atoms with Crippen LogP contribution in [0, 0.1) is 11.3 Å². The number of nitriles is 1. The van der Waals surface area contributed by atoms with Crippen molar-refractivity contribution in [3.8, 4) is 11.9 Å². The molecular formula is C14H12ClN3O. The van der Waals surface area contributed by atoms with Gasteiger partial charge in [-0.2, -0.15) is 5.26 Å². The van der Waals surface area contributed by atoms with Gasteiger partial charge in [-0.05, 0) is 29.8 Å². The van der Waals surface area contributed by atoms with Crippen LogP contribution in [0.2, 0.25) is 5.02 Å². The molecule has 0 spiro atoms. The van der Waals surface area contributed by atoms with Crippen LogP contribution in [-0.2, 0) is 6.54 Å². The number of pyridine rings is 1. The highest BCUT2D eigenvalue weighted by Crippen LogP contribution is 2.20. The van der Waals surface area contributed by atoms with Crippen molar-refractivity contribution in [1.82, 2.24) is 4.98 Å². The van der Waals surface area contributed by atoms with Crippen molar-refractivity contribution in [2.24, 2.45) is 0 Å². The molecule has 96 valence electrons. The average molecular weight is 274 g/mol. The fraction of sp³-hybridized carbons (Fsp3) is 0.143. The maximum atomic E-state index is 9.04. The lowest BCUT2D eigenvalue weighted by molar-refractivity contribution is 0.397. The van der Waals surface area contributed by atoms with Gasteiger partial charge in [0.2, 0.25) is 5.88 Å². The summed E-state index contributed by atoms with van der Waals surface area (Å²) >= 11 is 5.85. The standard InChI is InChI=1S/C14H12ClN3O/c1-19-14-6-10(4-5-17-14)9-18-13-3-2-12(15)7-11(13)8-16/h2-7,18H,9H2,1H3. The zero-order valence-corrected chi connectivity index (χ0v) is 11.1. The summed E-state index contributed by atoms with van der Waals surface area (Å²) in [6.45, 7) is 0.579.